The van der Waals surface area contributed by atoms with Crippen molar-refractivity contribution in [3.8, 4) is 0 Å². The van der Waals surface area contributed by atoms with E-state index in [0.29, 0.717) is 0 Å². The fraction of sp³-hybridized carbons (Fsp3) is 0.167. The molecular formula is C6H4N. The van der Waals surface area contributed by atoms with E-state index in [4.69, 9.17) is 0 Å². The Morgan fingerprint density at radius 3 is 2.86 bits per heavy atom. The Bertz CT molecular complexity index is 134. The molecule has 1 nitrogen and oxygen atoms in total. The van der Waals surface area contributed by atoms with Gasteiger partial charge in [0.2, 0.25) is 0 Å². The molecule has 0 saturated carbocycles. The van der Waals surface area contributed by atoms with Crippen LogP contribution in [0.25, 0.3) is 0 Å². The van der Waals surface area contributed by atoms with Crippen molar-refractivity contribution in [1.82, 2.24) is 4.98 Å². The molecule has 1 heteroatoms. The molecule has 1 rings (SSSR count). The molecule has 1 heterocycles. The van der Waals surface area contributed by atoms with Crippen LogP contribution in [0.2, 0.25) is 0 Å². The van der Waals surface area contributed by atoms with Crippen LogP contribution in [0.4, 0.5) is 0 Å². The molecule has 0 aliphatic carbocycles. The zero-order valence-electron chi connectivity index (χ0n) is 4.02. The van der Waals surface area contributed by atoms with Gasteiger partial charge in [0.1, 0.15) is 0 Å². The highest BCUT2D eigenvalue weighted by molar-refractivity contribution is 4.99. The number of hydrogen-bond donors (Lipinski definition) is 0. The summed E-state index contributed by atoms with van der Waals surface area (Å²) in [5.41, 5.74) is 0.905. The number of hydrogen-bond acceptors (Lipinski definition) is 1. The Morgan fingerprint density at radius 2 is 2.57 bits per heavy atom. The second-order valence-corrected chi connectivity index (χ2v) is 1.26. The fourth-order valence-electron chi connectivity index (χ4n) is 0.330. The SMILES string of the molecule is Cc1[c][c]cn[c]1. The number of rotatable bonds is 0. The molecule has 3 radical (unpaired) electrons. The minimum atomic E-state index is 0.905. The van der Waals surface area contributed by atoms with Gasteiger partial charge < -0.3 is 0 Å². The van der Waals surface area contributed by atoms with E-state index in [1.54, 1.807) is 0 Å². The van der Waals surface area contributed by atoms with Gasteiger partial charge in [-0.15, -0.1) is 0 Å². The van der Waals surface area contributed by atoms with Gasteiger partial charge in [-0.25, -0.2) is 0 Å². The first-order chi connectivity index (χ1) is 3.39. The molecule has 0 fully saturated rings. The van der Waals surface area contributed by atoms with Crippen molar-refractivity contribution >= 4 is 0 Å². The van der Waals surface area contributed by atoms with Crippen molar-refractivity contribution in [2.45, 2.75) is 6.92 Å². The smallest absolute Gasteiger partial charge is 0.0924 e. The van der Waals surface area contributed by atoms with Crippen molar-refractivity contribution in [3.05, 3.63) is 30.1 Å². The van der Waals surface area contributed by atoms with Crippen molar-refractivity contribution in [3.63, 3.8) is 0 Å². The van der Waals surface area contributed by atoms with E-state index in [0.717, 1.165) is 5.56 Å². The molecule has 0 saturated heterocycles. The van der Waals surface area contributed by atoms with E-state index in [9.17, 15) is 0 Å². The van der Waals surface area contributed by atoms with Crippen molar-refractivity contribution in [2.24, 2.45) is 0 Å². The average molecular weight is 90.1 g/mol. The molecule has 7 heavy (non-hydrogen) atoms. The van der Waals surface area contributed by atoms with E-state index in [1.165, 1.54) is 6.20 Å². The Kier molecular flexibility index (Phi) is 1.07. The first-order valence-corrected chi connectivity index (χ1v) is 2.02. The highest BCUT2D eigenvalue weighted by Crippen LogP contribution is 1.84. The van der Waals surface area contributed by atoms with E-state index in [2.05, 4.69) is 23.3 Å². The summed E-state index contributed by atoms with van der Waals surface area (Å²) in [7, 11) is 0. The molecule has 0 bridgehead atoms. The predicted octanol–water partition coefficient (Wildman–Crippen LogP) is 0.791. The molecule has 0 aliphatic heterocycles. The Morgan fingerprint density at radius 1 is 1.71 bits per heavy atom. The average Bonchev–Trinajstić information content (AvgIpc) is 1.69. The normalized spacial score (nSPS) is 8.71. The van der Waals surface area contributed by atoms with Gasteiger partial charge in [0, 0.05) is 12.3 Å². The Labute approximate surface area is 43.0 Å². The summed E-state index contributed by atoms with van der Waals surface area (Å²) in [6.07, 6.45) is 4.23. The van der Waals surface area contributed by atoms with Gasteiger partial charge in [0.15, 0.2) is 0 Å². The summed E-state index contributed by atoms with van der Waals surface area (Å²) >= 11 is 0. The molecule has 0 aromatic carbocycles. The lowest BCUT2D eigenvalue weighted by molar-refractivity contribution is 1.24. The summed E-state index contributed by atoms with van der Waals surface area (Å²) in [6.45, 7) is 1.88. The van der Waals surface area contributed by atoms with Gasteiger partial charge in [-0.05, 0) is 18.6 Å². The first-order valence-electron chi connectivity index (χ1n) is 2.02. The third-order valence-electron chi connectivity index (χ3n) is 0.621. The largest absolute Gasteiger partial charge is 0.254 e. The van der Waals surface area contributed by atoms with Gasteiger partial charge in [-0.2, -0.15) is 0 Å². The van der Waals surface area contributed by atoms with Gasteiger partial charge >= 0.3 is 0 Å². The third kappa shape index (κ3) is 1.000. The monoisotopic (exact) mass is 90.0 g/mol. The lowest BCUT2D eigenvalue weighted by Crippen LogP contribution is -1.72. The van der Waals surface area contributed by atoms with Gasteiger partial charge in [-0.3, -0.25) is 4.98 Å². The van der Waals surface area contributed by atoms with E-state index in [-0.39, 0.29) is 0 Å². The van der Waals surface area contributed by atoms with Crippen LogP contribution in [0, 0.1) is 25.3 Å². The zero-order valence-corrected chi connectivity index (χ0v) is 4.02. The summed E-state index contributed by atoms with van der Waals surface area (Å²) in [5, 5.41) is 0. The topological polar surface area (TPSA) is 12.9 Å². The van der Waals surface area contributed by atoms with Crippen LogP contribution in [0.15, 0.2) is 6.20 Å². The lowest BCUT2D eigenvalue weighted by atomic mass is 10.3. The lowest BCUT2D eigenvalue weighted by Gasteiger charge is -1.79. The summed E-state index contributed by atoms with van der Waals surface area (Å²) in [6, 6.07) is 5.48. The summed E-state index contributed by atoms with van der Waals surface area (Å²) in [5.74, 6) is 0. The van der Waals surface area contributed by atoms with Crippen LogP contribution in [0.5, 0.6) is 0 Å². The van der Waals surface area contributed by atoms with E-state index < -0.39 is 0 Å². The number of nitrogens with zero attached hydrogens (tertiary/aromatic N) is 1. The Balaban J connectivity index is 3.02. The second-order valence-electron chi connectivity index (χ2n) is 1.26. The van der Waals surface area contributed by atoms with Crippen LogP contribution < -0.4 is 0 Å². The quantitative estimate of drug-likeness (QED) is 0.459. The molecule has 1 aromatic rings. The number of pyridine rings is 1. The summed E-state index contributed by atoms with van der Waals surface area (Å²) < 4.78 is 0. The molecule has 0 unspecified atom stereocenters. The minimum absolute atomic E-state index is 0.905. The fourth-order valence-corrected chi connectivity index (χ4v) is 0.330. The Hall–Kier alpha value is -0.850. The second kappa shape index (κ2) is 1.73. The predicted molar refractivity (Wildman–Crippen MR) is 25.5 cm³/mol. The summed E-state index contributed by atoms with van der Waals surface area (Å²) in [4.78, 5) is 3.67. The van der Waals surface area contributed by atoms with Crippen LogP contribution >= 0.6 is 0 Å². The van der Waals surface area contributed by atoms with Crippen molar-refractivity contribution < 1.29 is 0 Å². The van der Waals surface area contributed by atoms with Crippen LogP contribution in [0.3, 0.4) is 0 Å². The van der Waals surface area contributed by atoms with E-state index in [1.807, 2.05) is 6.92 Å². The number of aryl methyl sites for hydroxylation is 1. The maximum absolute atomic E-state index is 3.67. The molecule has 0 spiro atoms. The van der Waals surface area contributed by atoms with Crippen LogP contribution in [-0.4, -0.2) is 4.98 Å². The molecule has 0 atom stereocenters. The van der Waals surface area contributed by atoms with Crippen LogP contribution in [0.1, 0.15) is 5.56 Å². The van der Waals surface area contributed by atoms with Crippen molar-refractivity contribution in [1.29, 1.82) is 0 Å². The molecular weight excluding hydrogens is 86.1 g/mol. The van der Waals surface area contributed by atoms with Gasteiger partial charge in [-0.1, -0.05) is 0 Å². The number of aromatic nitrogens is 1. The van der Waals surface area contributed by atoms with Gasteiger partial charge in [0.05, 0.1) is 6.20 Å². The molecule has 0 N–H and O–H groups in total. The van der Waals surface area contributed by atoms with Crippen LogP contribution in [-0.2, 0) is 0 Å². The third-order valence-corrected chi connectivity index (χ3v) is 0.621. The maximum Gasteiger partial charge on any atom is 0.0924 e. The maximum atomic E-state index is 3.67. The molecule has 33 valence electrons. The van der Waals surface area contributed by atoms with Crippen molar-refractivity contribution in [2.75, 3.05) is 0 Å². The van der Waals surface area contributed by atoms with E-state index >= 15 is 0 Å². The molecule has 0 aliphatic rings. The minimum Gasteiger partial charge on any atom is -0.254 e. The first kappa shape index (κ1) is 4.31. The molecule has 1 aromatic heterocycles. The molecule has 0 amide bonds. The highest BCUT2D eigenvalue weighted by Gasteiger charge is 1.76. The van der Waals surface area contributed by atoms with Gasteiger partial charge in [0.25, 0.3) is 0 Å². The highest BCUT2D eigenvalue weighted by atomic mass is 14.6. The zero-order chi connectivity index (χ0) is 5.11. The standard InChI is InChI=1S/C6H4N/c1-6-3-2-4-7-5-6/h4H,1H3.